The molecule has 0 saturated carbocycles. The first kappa shape index (κ1) is 43.3. The number of unbranched alkanes of at least 4 members (excludes halogenated alkanes) is 3. The Morgan fingerprint density at radius 2 is 0.930 bits per heavy atom. The zero-order valence-corrected chi connectivity index (χ0v) is 41.6. The van der Waals surface area contributed by atoms with Gasteiger partial charge in [-0.15, -0.1) is 0 Å². The lowest BCUT2D eigenvalue weighted by atomic mass is 9.82. The molecule has 2 heterocycles. The van der Waals surface area contributed by atoms with Crippen molar-refractivity contribution in [2.75, 3.05) is 4.90 Å². The first-order chi connectivity index (χ1) is 34.5. The van der Waals surface area contributed by atoms with E-state index in [1.807, 2.05) is 32.0 Å². The lowest BCUT2D eigenvalue weighted by Gasteiger charge is -2.30. The van der Waals surface area contributed by atoms with Gasteiger partial charge < -0.3 is 14.2 Å². The number of benzene rings is 10. The number of carbonyl (C=O) groups excluding carboxylic acids is 2. The highest BCUT2D eigenvalue weighted by Crippen LogP contribution is 2.54. The third kappa shape index (κ3) is 5.93. The summed E-state index contributed by atoms with van der Waals surface area (Å²) in [5.74, 6) is -1.18. The summed E-state index contributed by atoms with van der Waals surface area (Å²) >= 11 is 0. The number of aromatic nitrogens is 1. The van der Waals surface area contributed by atoms with Crippen LogP contribution in [0.5, 0.6) is 0 Å². The summed E-state index contributed by atoms with van der Waals surface area (Å²) in [6.45, 7) is 16.6. The molecular weight excluding hydrogens is 869 g/mol. The molecule has 348 valence electrons. The average Bonchev–Trinajstić information content (AvgIpc) is 3.92. The van der Waals surface area contributed by atoms with Crippen LogP contribution >= 0.6 is 0 Å². The summed E-state index contributed by atoms with van der Waals surface area (Å²) in [7, 11) is 0. The number of cyclic esters (lactones) is 2. The van der Waals surface area contributed by atoms with Crippen molar-refractivity contribution in [2.45, 2.75) is 91.5 Å². The van der Waals surface area contributed by atoms with Gasteiger partial charge >= 0.3 is 11.9 Å². The van der Waals surface area contributed by atoms with Crippen molar-refractivity contribution in [1.82, 2.24) is 4.57 Å². The molecule has 0 saturated heterocycles. The van der Waals surface area contributed by atoms with Crippen LogP contribution in [0.15, 0.2) is 152 Å². The summed E-state index contributed by atoms with van der Waals surface area (Å²) in [5, 5.41) is 10.8. The average molecular weight is 925 g/mol. The maximum absolute atomic E-state index is 13.2. The normalized spacial score (nSPS) is 14.8. The standard InChI is InChI=1S/C64H50N2O3.C2H6/c1-6-7-8-13-31-65-55-34-38(23-26-46(55)58-47-18-14-17-43-44-27-29-48-60-49(62(68)69-61(48)67)30-28-45(59(44)60)50(57(43)47)35-56(58)65)66(36-21-24-41-39-15-9-11-19-51(39)63(2,3)53(41)32-36)37-22-25-42-40-16-10-12-20-52(40)64(4,5)54(42)33-37;1-2/h9-12,14-30,32-35H,6-8,13,31H2,1-5H3;1-2H3. The number of nitrogens with zero attached hydrogens (tertiary/aromatic N) is 2. The Bertz CT molecular complexity index is 3960. The van der Waals surface area contributed by atoms with E-state index in [-0.39, 0.29) is 10.8 Å². The van der Waals surface area contributed by atoms with Crippen LogP contribution in [0.3, 0.4) is 0 Å². The molecule has 0 fully saturated rings. The SMILES string of the molecule is CC.CCCCCCn1c2cc(N(c3ccc4c(c3)C(C)(C)c3ccccc3-4)c3ccc4c(c3)C(C)(C)c3ccccc3-4)ccc2c2c3cccc4c5ccc6c7c(ccc(c(cc21)c43)c75)C(=O)OC6=O. The van der Waals surface area contributed by atoms with Gasteiger partial charge in [-0.25, -0.2) is 9.59 Å². The molecule has 2 aliphatic carbocycles. The second-order valence-corrected chi connectivity index (χ2v) is 20.8. The van der Waals surface area contributed by atoms with E-state index in [2.05, 4.69) is 178 Å². The molecule has 0 N–H and O–H groups in total. The highest BCUT2D eigenvalue weighted by Gasteiger charge is 2.38. The number of ether oxygens (including phenoxy) is 1. The van der Waals surface area contributed by atoms with Gasteiger partial charge in [0.15, 0.2) is 0 Å². The van der Waals surface area contributed by atoms with Crippen molar-refractivity contribution in [3.8, 4) is 22.3 Å². The van der Waals surface area contributed by atoms with Gasteiger partial charge in [-0.05, 0) is 143 Å². The van der Waals surface area contributed by atoms with Crippen LogP contribution in [-0.4, -0.2) is 16.5 Å². The molecule has 3 aliphatic rings. The molecule has 0 unspecified atom stereocenters. The van der Waals surface area contributed by atoms with Crippen LogP contribution in [0.4, 0.5) is 17.1 Å². The topological polar surface area (TPSA) is 51.5 Å². The van der Waals surface area contributed by atoms with E-state index >= 15 is 0 Å². The van der Waals surface area contributed by atoms with Gasteiger partial charge in [-0.1, -0.05) is 165 Å². The summed E-state index contributed by atoms with van der Waals surface area (Å²) in [4.78, 5) is 28.8. The molecule has 11 aromatic rings. The largest absolute Gasteiger partial charge is 0.386 e. The molecule has 10 aromatic carbocycles. The summed E-state index contributed by atoms with van der Waals surface area (Å²) in [6.07, 6.45) is 4.56. The van der Waals surface area contributed by atoms with E-state index in [0.717, 1.165) is 63.4 Å². The van der Waals surface area contributed by atoms with Crippen molar-refractivity contribution in [2.24, 2.45) is 0 Å². The number of hydrogen-bond donors (Lipinski definition) is 0. The quantitative estimate of drug-likeness (QED) is 0.0501. The van der Waals surface area contributed by atoms with Crippen molar-refractivity contribution >= 4 is 93.9 Å². The van der Waals surface area contributed by atoms with E-state index in [9.17, 15) is 9.59 Å². The lowest BCUT2D eigenvalue weighted by Crippen LogP contribution is -2.19. The van der Waals surface area contributed by atoms with E-state index in [1.165, 1.54) is 89.9 Å². The summed E-state index contributed by atoms with van der Waals surface area (Å²) < 4.78 is 7.79. The molecular formula is C66H56N2O3. The Morgan fingerprint density at radius 3 is 1.55 bits per heavy atom. The number of fused-ring (bicyclic) bond motifs is 12. The number of anilines is 3. The Hall–Kier alpha value is -7.76. The fourth-order valence-corrected chi connectivity index (χ4v) is 13.2. The maximum Gasteiger partial charge on any atom is 0.346 e. The van der Waals surface area contributed by atoms with Crippen molar-refractivity contribution < 1.29 is 14.3 Å². The molecule has 0 atom stereocenters. The number of carbonyl (C=O) groups is 2. The minimum absolute atomic E-state index is 0.158. The highest BCUT2D eigenvalue weighted by atomic mass is 16.6. The van der Waals surface area contributed by atoms with Crippen molar-refractivity contribution in [3.05, 3.63) is 185 Å². The Balaban J connectivity index is 0.00000243. The van der Waals surface area contributed by atoms with Crippen molar-refractivity contribution in [1.29, 1.82) is 0 Å². The fraction of sp³-hybridized carbons (Fsp3) is 0.212. The summed E-state index contributed by atoms with van der Waals surface area (Å²) in [5.41, 5.74) is 17.0. The van der Waals surface area contributed by atoms with Gasteiger partial charge in [0.1, 0.15) is 0 Å². The molecule has 0 spiro atoms. The van der Waals surface area contributed by atoms with Crippen LogP contribution in [0.2, 0.25) is 0 Å². The van der Waals surface area contributed by atoms with Gasteiger partial charge in [-0.2, -0.15) is 0 Å². The highest BCUT2D eigenvalue weighted by molar-refractivity contribution is 6.40. The third-order valence-corrected chi connectivity index (χ3v) is 16.5. The Kier molecular flexibility index (Phi) is 9.52. The summed E-state index contributed by atoms with van der Waals surface area (Å²) in [6, 6.07) is 56.0. The molecule has 0 amide bonds. The minimum atomic E-state index is -0.588. The maximum atomic E-state index is 13.2. The van der Waals surface area contributed by atoms with E-state index in [1.54, 1.807) is 0 Å². The lowest BCUT2D eigenvalue weighted by molar-refractivity contribution is 0.0391. The smallest absolute Gasteiger partial charge is 0.346 e. The first-order valence-corrected chi connectivity index (χ1v) is 25.7. The van der Waals surface area contributed by atoms with Gasteiger partial charge in [0.05, 0.1) is 22.2 Å². The van der Waals surface area contributed by atoms with Gasteiger partial charge in [0.25, 0.3) is 0 Å². The van der Waals surface area contributed by atoms with Crippen molar-refractivity contribution in [3.63, 3.8) is 0 Å². The van der Waals surface area contributed by atoms with E-state index in [0.29, 0.717) is 16.5 Å². The Morgan fingerprint density at radius 1 is 0.423 bits per heavy atom. The van der Waals surface area contributed by atoms with E-state index in [4.69, 9.17) is 4.74 Å². The molecule has 5 nitrogen and oxygen atoms in total. The zero-order chi connectivity index (χ0) is 48.7. The van der Waals surface area contributed by atoms with Gasteiger partial charge in [0.2, 0.25) is 0 Å². The molecule has 0 bridgehead atoms. The first-order valence-electron chi connectivity index (χ1n) is 25.7. The monoisotopic (exact) mass is 924 g/mol. The fourth-order valence-electron chi connectivity index (χ4n) is 13.2. The van der Waals surface area contributed by atoms with Crippen LogP contribution in [0, 0.1) is 0 Å². The second-order valence-electron chi connectivity index (χ2n) is 20.8. The predicted molar refractivity (Wildman–Crippen MR) is 296 cm³/mol. The molecule has 71 heavy (non-hydrogen) atoms. The molecule has 1 aliphatic heterocycles. The number of rotatable bonds is 8. The van der Waals surface area contributed by atoms with Gasteiger partial charge in [0, 0.05) is 50.6 Å². The van der Waals surface area contributed by atoms with E-state index < -0.39 is 11.9 Å². The Labute approximate surface area is 414 Å². The van der Waals surface area contributed by atoms with Gasteiger partial charge in [-0.3, -0.25) is 0 Å². The minimum Gasteiger partial charge on any atom is -0.386 e. The van der Waals surface area contributed by atoms with Crippen LogP contribution in [0.1, 0.15) is 117 Å². The number of hydrogen-bond acceptors (Lipinski definition) is 4. The van der Waals surface area contributed by atoms with Crippen LogP contribution < -0.4 is 4.90 Å². The number of esters is 2. The second kappa shape index (κ2) is 15.6. The molecule has 5 heteroatoms. The molecule has 1 aromatic heterocycles. The zero-order valence-electron chi connectivity index (χ0n) is 41.6. The molecule has 14 rings (SSSR count). The van der Waals surface area contributed by atoms with Crippen LogP contribution in [0.25, 0.3) is 87.1 Å². The molecule has 0 radical (unpaired) electrons. The predicted octanol–water partition coefficient (Wildman–Crippen LogP) is 17.8. The third-order valence-electron chi connectivity index (χ3n) is 16.5. The van der Waals surface area contributed by atoms with Crippen LogP contribution in [-0.2, 0) is 22.1 Å². The number of aryl methyl sites for hydroxylation is 1.